The molecule has 0 unspecified atom stereocenters. The van der Waals surface area contributed by atoms with Crippen molar-refractivity contribution >= 4 is 38.9 Å². The fraction of sp³-hybridized carbons (Fsp3) is 0.278. The number of nitrogens with zero attached hydrogens (tertiary/aromatic N) is 1. The standard InChI is InChI=1S/C18H20ClFN2O4S/c1-26-17-10-9-13(12-14(17)19)21-18(23)8-5-11-22(27(2,24)25)16-7-4-3-6-15(16)20/h3-4,6-7,9-10,12H,5,8,11H2,1-2H3,(H,21,23). The third-order valence-corrected chi connectivity index (χ3v) is 5.20. The molecule has 0 spiro atoms. The van der Waals surface area contributed by atoms with Crippen molar-refractivity contribution in [2.75, 3.05) is 29.5 Å². The highest BCUT2D eigenvalue weighted by atomic mass is 35.5. The molecule has 0 bridgehead atoms. The number of halogens is 2. The Hall–Kier alpha value is -2.32. The number of carbonyl (C=O) groups is 1. The molecule has 0 atom stereocenters. The van der Waals surface area contributed by atoms with Crippen molar-refractivity contribution in [2.45, 2.75) is 12.8 Å². The number of ether oxygens (including phenoxy) is 1. The topological polar surface area (TPSA) is 75.7 Å². The number of carbonyl (C=O) groups excluding carboxylic acids is 1. The van der Waals surface area contributed by atoms with E-state index in [0.29, 0.717) is 16.5 Å². The third-order valence-electron chi connectivity index (χ3n) is 3.72. The van der Waals surface area contributed by atoms with E-state index in [1.807, 2.05) is 0 Å². The van der Waals surface area contributed by atoms with Gasteiger partial charge in [-0.25, -0.2) is 12.8 Å². The van der Waals surface area contributed by atoms with Crippen LogP contribution < -0.4 is 14.4 Å². The number of sulfonamides is 1. The second-order valence-electron chi connectivity index (χ2n) is 5.79. The van der Waals surface area contributed by atoms with Gasteiger partial charge < -0.3 is 10.1 Å². The summed E-state index contributed by atoms with van der Waals surface area (Å²) >= 11 is 6.01. The van der Waals surface area contributed by atoms with Crippen LogP contribution in [0.2, 0.25) is 5.02 Å². The van der Waals surface area contributed by atoms with E-state index in [-0.39, 0.29) is 31.0 Å². The number of rotatable bonds is 8. The van der Waals surface area contributed by atoms with Gasteiger partial charge in [0.2, 0.25) is 15.9 Å². The van der Waals surface area contributed by atoms with Crippen LogP contribution >= 0.6 is 11.6 Å². The Morgan fingerprint density at radius 3 is 2.56 bits per heavy atom. The van der Waals surface area contributed by atoms with Crippen LogP contribution in [0.5, 0.6) is 5.75 Å². The van der Waals surface area contributed by atoms with Crippen molar-refractivity contribution in [3.05, 3.63) is 53.3 Å². The molecule has 6 nitrogen and oxygen atoms in total. The predicted molar refractivity (Wildman–Crippen MR) is 104 cm³/mol. The van der Waals surface area contributed by atoms with E-state index in [4.69, 9.17) is 16.3 Å². The predicted octanol–water partition coefficient (Wildman–Crippen LogP) is 3.67. The molecule has 27 heavy (non-hydrogen) atoms. The summed E-state index contributed by atoms with van der Waals surface area (Å²) in [5, 5.41) is 3.04. The highest BCUT2D eigenvalue weighted by molar-refractivity contribution is 7.92. The van der Waals surface area contributed by atoms with Crippen LogP contribution in [-0.2, 0) is 14.8 Å². The van der Waals surface area contributed by atoms with Crippen molar-refractivity contribution in [3.8, 4) is 5.75 Å². The second-order valence-corrected chi connectivity index (χ2v) is 8.10. The van der Waals surface area contributed by atoms with E-state index in [9.17, 15) is 17.6 Å². The normalized spacial score (nSPS) is 11.1. The van der Waals surface area contributed by atoms with E-state index in [0.717, 1.165) is 10.6 Å². The number of anilines is 2. The van der Waals surface area contributed by atoms with Crippen LogP contribution in [0.1, 0.15) is 12.8 Å². The maximum absolute atomic E-state index is 13.9. The Bertz CT molecular complexity index is 921. The summed E-state index contributed by atoms with van der Waals surface area (Å²) in [6, 6.07) is 10.4. The fourth-order valence-corrected chi connectivity index (χ4v) is 3.69. The van der Waals surface area contributed by atoms with Gasteiger partial charge in [0.05, 0.1) is 24.1 Å². The number of methoxy groups -OCH3 is 1. The zero-order chi connectivity index (χ0) is 20.0. The first-order valence-corrected chi connectivity index (χ1v) is 10.3. The first-order valence-electron chi connectivity index (χ1n) is 8.08. The van der Waals surface area contributed by atoms with Crippen LogP contribution in [0, 0.1) is 5.82 Å². The summed E-state index contributed by atoms with van der Waals surface area (Å²) in [6.07, 6.45) is 1.28. The summed E-state index contributed by atoms with van der Waals surface area (Å²) in [7, 11) is -2.19. The summed E-state index contributed by atoms with van der Waals surface area (Å²) in [6.45, 7) is -0.0173. The Balaban J connectivity index is 1.97. The quantitative estimate of drug-likeness (QED) is 0.715. The van der Waals surface area contributed by atoms with Gasteiger partial charge in [0.25, 0.3) is 0 Å². The first-order chi connectivity index (χ1) is 12.7. The summed E-state index contributed by atoms with van der Waals surface area (Å²) in [4.78, 5) is 12.1. The van der Waals surface area contributed by atoms with Crippen molar-refractivity contribution in [2.24, 2.45) is 0 Å². The SMILES string of the molecule is COc1ccc(NC(=O)CCCN(c2ccccc2F)S(C)(=O)=O)cc1Cl. The minimum Gasteiger partial charge on any atom is -0.495 e. The van der Waals surface area contributed by atoms with Crippen LogP contribution in [0.25, 0.3) is 0 Å². The molecule has 0 aromatic heterocycles. The zero-order valence-electron chi connectivity index (χ0n) is 14.9. The number of para-hydroxylation sites is 1. The average molecular weight is 415 g/mol. The highest BCUT2D eigenvalue weighted by Gasteiger charge is 2.20. The van der Waals surface area contributed by atoms with Gasteiger partial charge in [0.1, 0.15) is 11.6 Å². The molecule has 1 N–H and O–H groups in total. The molecule has 2 aromatic rings. The van der Waals surface area contributed by atoms with Gasteiger partial charge in [-0.05, 0) is 36.8 Å². The molecule has 1 amide bonds. The monoisotopic (exact) mass is 414 g/mol. The Kier molecular flexibility index (Phi) is 7.04. The summed E-state index contributed by atoms with van der Waals surface area (Å²) < 4.78 is 43.9. The molecule has 0 fully saturated rings. The van der Waals surface area contributed by atoms with Crippen molar-refractivity contribution < 1.29 is 22.3 Å². The minimum atomic E-state index is -3.68. The van der Waals surface area contributed by atoms with Crippen LogP contribution in [0.15, 0.2) is 42.5 Å². The lowest BCUT2D eigenvalue weighted by molar-refractivity contribution is -0.116. The van der Waals surface area contributed by atoms with Gasteiger partial charge >= 0.3 is 0 Å². The molecular weight excluding hydrogens is 395 g/mol. The molecule has 0 heterocycles. The number of amides is 1. The van der Waals surface area contributed by atoms with Crippen LogP contribution in [-0.4, -0.2) is 34.2 Å². The number of benzene rings is 2. The van der Waals surface area contributed by atoms with Crippen LogP contribution in [0.3, 0.4) is 0 Å². The van der Waals surface area contributed by atoms with Crippen molar-refractivity contribution in [3.63, 3.8) is 0 Å². The maximum atomic E-state index is 13.9. The Morgan fingerprint density at radius 2 is 1.96 bits per heavy atom. The van der Waals surface area contributed by atoms with E-state index in [1.54, 1.807) is 24.3 Å². The molecule has 9 heteroatoms. The summed E-state index contributed by atoms with van der Waals surface area (Å²) in [5.74, 6) is -0.457. The van der Waals surface area contributed by atoms with Gasteiger partial charge in [0, 0.05) is 18.7 Å². The number of hydrogen-bond donors (Lipinski definition) is 1. The lowest BCUT2D eigenvalue weighted by atomic mass is 10.2. The average Bonchev–Trinajstić information content (AvgIpc) is 2.59. The van der Waals surface area contributed by atoms with Gasteiger partial charge in [-0.3, -0.25) is 9.10 Å². The Labute approximate surface area is 162 Å². The minimum absolute atomic E-state index is 0.0173. The molecule has 0 aliphatic carbocycles. The lowest BCUT2D eigenvalue weighted by Crippen LogP contribution is -2.32. The van der Waals surface area contributed by atoms with Gasteiger partial charge in [0.15, 0.2) is 0 Å². The van der Waals surface area contributed by atoms with Gasteiger partial charge in [-0.15, -0.1) is 0 Å². The van der Waals surface area contributed by atoms with Crippen molar-refractivity contribution in [1.82, 2.24) is 0 Å². The molecule has 0 aliphatic rings. The zero-order valence-corrected chi connectivity index (χ0v) is 16.5. The molecule has 0 aliphatic heterocycles. The largest absolute Gasteiger partial charge is 0.495 e. The Morgan fingerprint density at radius 1 is 1.26 bits per heavy atom. The smallest absolute Gasteiger partial charge is 0.232 e. The first kappa shape index (κ1) is 21.0. The van der Waals surface area contributed by atoms with E-state index in [1.165, 1.54) is 25.3 Å². The third kappa shape index (κ3) is 5.83. The number of nitrogens with one attached hydrogen (secondary N) is 1. The molecule has 2 aromatic carbocycles. The summed E-state index contributed by atoms with van der Waals surface area (Å²) in [5.41, 5.74) is 0.460. The van der Waals surface area contributed by atoms with E-state index >= 15 is 0 Å². The molecule has 0 radical (unpaired) electrons. The fourth-order valence-electron chi connectivity index (χ4n) is 2.47. The molecular formula is C18H20ClFN2O4S. The van der Waals surface area contributed by atoms with Gasteiger partial charge in [-0.2, -0.15) is 0 Å². The van der Waals surface area contributed by atoms with E-state index < -0.39 is 15.8 Å². The van der Waals surface area contributed by atoms with Crippen molar-refractivity contribution in [1.29, 1.82) is 0 Å². The lowest BCUT2D eigenvalue weighted by Gasteiger charge is -2.22. The molecule has 2 rings (SSSR count). The molecule has 146 valence electrons. The maximum Gasteiger partial charge on any atom is 0.232 e. The molecule has 0 saturated heterocycles. The second kappa shape index (κ2) is 9.05. The molecule has 0 saturated carbocycles. The highest BCUT2D eigenvalue weighted by Crippen LogP contribution is 2.27. The van der Waals surface area contributed by atoms with Gasteiger partial charge in [-0.1, -0.05) is 23.7 Å². The van der Waals surface area contributed by atoms with E-state index in [2.05, 4.69) is 5.32 Å². The van der Waals surface area contributed by atoms with Crippen LogP contribution in [0.4, 0.5) is 15.8 Å². The number of hydrogen-bond acceptors (Lipinski definition) is 4.